The van der Waals surface area contributed by atoms with Crippen molar-refractivity contribution < 1.29 is 14.0 Å². The van der Waals surface area contributed by atoms with E-state index in [-0.39, 0.29) is 23.9 Å². The molecule has 2 fully saturated rings. The molecule has 1 aliphatic heterocycles. The van der Waals surface area contributed by atoms with Crippen LogP contribution < -0.4 is 10.6 Å². The molecular weight excluding hydrogens is 382 g/mol. The first-order chi connectivity index (χ1) is 14.5. The van der Waals surface area contributed by atoms with Gasteiger partial charge < -0.3 is 15.1 Å². The van der Waals surface area contributed by atoms with E-state index in [1.165, 1.54) is 0 Å². The van der Waals surface area contributed by atoms with Crippen LogP contribution in [0.25, 0.3) is 0 Å². The number of likely N-dealkylation sites (N-methyl/N-ethyl adjacent to an activating group) is 1. The molecule has 0 aromatic carbocycles. The van der Waals surface area contributed by atoms with Crippen molar-refractivity contribution in [3.05, 3.63) is 24.2 Å². The molecule has 0 bridgehead atoms. The Labute approximate surface area is 179 Å². The first kappa shape index (κ1) is 22.8. The summed E-state index contributed by atoms with van der Waals surface area (Å²) in [6, 6.07) is 4.19. The number of furan rings is 1. The van der Waals surface area contributed by atoms with Crippen LogP contribution in [0.2, 0.25) is 0 Å². The normalized spacial score (nSPS) is 20.1. The molecule has 2 N–H and O–H groups in total. The minimum atomic E-state index is -0.107. The van der Waals surface area contributed by atoms with Crippen molar-refractivity contribution in [3.8, 4) is 0 Å². The van der Waals surface area contributed by atoms with E-state index in [2.05, 4.69) is 39.2 Å². The van der Waals surface area contributed by atoms with Gasteiger partial charge in [-0.05, 0) is 45.0 Å². The van der Waals surface area contributed by atoms with E-state index < -0.39 is 0 Å². The van der Waals surface area contributed by atoms with Crippen molar-refractivity contribution in [2.24, 2.45) is 0 Å². The van der Waals surface area contributed by atoms with E-state index >= 15 is 0 Å². The Kier molecular flexibility index (Phi) is 8.30. The Morgan fingerprint density at radius 3 is 2.47 bits per heavy atom. The molecule has 1 aromatic rings. The molecule has 168 valence electrons. The van der Waals surface area contributed by atoms with Gasteiger partial charge in [0.15, 0.2) is 0 Å². The Morgan fingerprint density at radius 2 is 1.90 bits per heavy atom. The quantitative estimate of drug-likeness (QED) is 0.558. The van der Waals surface area contributed by atoms with E-state index in [0.717, 1.165) is 57.9 Å². The van der Waals surface area contributed by atoms with Crippen LogP contribution in [0.4, 0.5) is 0 Å². The zero-order chi connectivity index (χ0) is 21.5. The minimum absolute atomic E-state index is 0.0340. The lowest BCUT2D eigenvalue weighted by Gasteiger charge is -2.37. The van der Waals surface area contributed by atoms with Crippen LogP contribution in [-0.2, 0) is 9.59 Å². The third-order valence-electron chi connectivity index (χ3n) is 6.24. The van der Waals surface area contributed by atoms with Gasteiger partial charge in [0.05, 0.1) is 24.9 Å². The average molecular weight is 420 g/mol. The van der Waals surface area contributed by atoms with Crippen molar-refractivity contribution in [2.75, 3.05) is 52.4 Å². The number of carbonyl (C=O) groups excluding carboxylic acids is 2. The van der Waals surface area contributed by atoms with Gasteiger partial charge in [-0.2, -0.15) is 0 Å². The van der Waals surface area contributed by atoms with Gasteiger partial charge in [-0.25, -0.2) is 0 Å². The van der Waals surface area contributed by atoms with Crippen molar-refractivity contribution in [1.29, 1.82) is 0 Å². The summed E-state index contributed by atoms with van der Waals surface area (Å²) in [5.74, 6) is 1.04. The van der Waals surface area contributed by atoms with Crippen molar-refractivity contribution in [2.45, 2.75) is 51.7 Å². The fourth-order valence-corrected chi connectivity index (χ4v) is 4.05. The summed E-state index contributed by atoms with van der Waals surface area (Å²) >= 11 is 0. The van der Waals surface area contributed by atoms with Crippen LogP contribution in [0.15, 0.2) is 22.8 Å². The second-order valence-corrected chi connectivity index (χ2v) is 8.33. The molecule has 2 heterocycles. The smallest absolute Gasteiger partial charge is 0.237 e. The van der Waals surface area contributed by atoms with Crippen molar-refractivity contribution in [3.63, 3.8) is 0 Å². The minimum Gasteiger partial charge on any atom is -0.468 e. The average Bonchev–Trinajstić information content (AvgIpc) is 3.40. The number of piperazine rings is 1. The predicted molar refractivity (Wildman–Crippen MR) is 116 cm³/mol. The molecule has 2 amide bonds. The van der Waals surface area contributed by atoms with E-state index in [4.69, 9.17) is 4.42 Å². The number of hydrogen-bond acceptors (Lipinski definition) is 6. The molecule has 0 spiro atoms. The highest BCUT2D eigenvalue weighted by atomic mass is 16.3. The summed E-state index contributed by atoms with van der Waals surface area (Å²) in [6.07, 6.45) is 3.89. The maximum absolute atomic E-state index is 12.6. The summed E-state index contributed by atoms with van der Waals surface area (Å²) < 4.78 is 5.60. The Hall–Kier alpha value is -1.90. The molecule has 0 radical (unpaired) electrons. The maximum Gasteiger partial charge on any atom is 0.237 e. The van der Waals surface area contributed by atoms with Crippen LogP contribution >= 0.6 is 0 Å². The number of nitrogens with zero attached hydrogens (tertiary/aromatic N) is 3. The van der Waals surface area contributed by atoms with Crippen molar-refractivity contribution in [1.82, 2.24) is 25.3 Å². The lowest BCUT2D eigenvalue weighted by molar-refractivity contribution is -0.128. The van der Waals surface area contributed by atoms with Gasteiger partial charge in [-0.15, -0.1) is 0 Å². The Balaban J connectivity index is 1.41. The molecule has 1 aromatic heterocycles. The van der Waals surface area contributed by atoms with Crippen LogP contribution in [0, 0.1) is 0 Å². The first-order valence-electron chi connectivity index (χ1n) is 11.3. The molecule has 3 rings (SSSR count). The standard InChI is InChI=1S/C22H37N5O3/c1-4-26(5-2)19(20-7-6-14-30-20)15-23-21(28)16-25-10-12-27(13-11-25)17(3)22(29)24-18-8-9-18/h6-7,14,17-19H,4-5,8-13,15-16H2,1-3H3,(H,23,28)(H,24,29). The van der Waals surface area contributed by atoms with Gasteiger partial charge >= 0.3 is 0 Å². The second-order valence-electron chi connectivity index (χ2n) is 8.33. The topological polar surface area (TPSA) is 81.1 Å². The Morgan fingerprint density at radius 1 is 1.20 bits per heavy atom. The molecule has 30 heavy (non-hydrogen) atoms. The molecule has 1 aliphatic carbocycles. The fraction of sp³-hybridized carbons (Fsp3) is 0.727. The molecule has 2 aliphatic rings. The second kappa shape index (κ2) is 10.9. The highest BCUT2D eigenvalue weighted by Crippen LogP contribution is 2.20. The summed E-state index contributed by atoms with van der Waals surface area (Å²) in [5, 5.41) is 6.17. The zero-order valence-electron chi connectivity index (χ0n) is 18.6. The Bertz CT molecular complexity index is 664. The monoisotopic (exact) mass is 419 g/mol. The summed E-state index contributed by atoms with van der Waals surface area (Å²) in [6.45, 7) is 12.1. The van der Waals surface area contributed by atoms with Crippen LogP contribution in [0.3, 0.4) is 0 Å². The maximum atomic E-state index is 12.6. The largest absolute Gasteiger partial charge is 0.468 e. The van der Waals surface area contributed by atoms with Gasteiger partial charge in [0, 0.05) is 38.8 Å². The molecule has 2 unspecified atom stereocenters. The van der Waals surface area contributed by atoms with Gasteiger partial charge in [-0.1, -0.05) is 13.8 Å². The molecule has 1 saturated heterocycles. The fourth-order valence-electron chi connectivity index (χ4n) is 4.05. The number of carbonyl (C=O) groups is 2. The third-order valence-corrected chi connectivity index (χ3v) is 6.24. The number of amides is 2. The lowest BCUT2D eigenvalue weighted by Crippen LogP contribution is -2.55. The van der Waals surface area contributed by atoms with Crippen LogP contribution in [0.1, 0.15) is 45.4 Å². The SMILES string of the molecule is CCN(CC)C(CNC(=O)CN1CCN(C(C)C(=O)NC2CC2)CC1)c1ccco1. The van der Waals surface area contributed by atoms with Crippen LogP contribution in [0.5, 0.6) is 0 Å². The van der Waals surface area contributed by atoms with Crippen molar-refractivity contribution >= 4 is 11.8 Å². The molecule has 8 nitrogen and oxygen atoms in total. The predicted octanol–water partition coefficient (Wildman–Crippen LogP) is 1.06. The van der Waals surface area contributed by atoms with Crippen LogP contribution in [-0.4, -0.2) is 91.0 Å². The number of nitrogens with one attached hydrogen (secondary N) is 2. The third kappa shape index (κ3) is 6.30. The van der Waals surface area contributed by atoms with E-state index in [9.17, 15) is 9.59 Å². The molecule has 1 saturated carbocycles. The lowest BCUT2D eigenvalue weighted by atomic mass is 10.2. The van der Waals surface area contributed by atoms with E-state index in [1.807, 2.05) is 19.1 Å². The summed E-state index contributed by atoms with van der Waals surface area (Å²) in [7, 11) is 0. The molecule has 2 atom stereocenters. The first-order valence-corrected chi connectivity index (χ1v) is 11.3. The summed E-state index contributed by atoms with van der Waals surface area (Å²) in [4.78, 5) is 31.5. The van der Waals surface area contributed by atoms with Gasteiger partial charge in [0.25, 0.3) is 0 Å². The number of rotatable bonds is 11. The van der Waals surface area contributed by atoms with E-state index in [0.29, 0.717) is 19.1 Å². The zero-order valence-corrected chi connectivity index (χ0v) is 18.6. The summed E-state index contributed by atoms with van der Waals surface area (Å²) in [5.41, 5.74) is 0. The van der Waals surface area contributed by atoms with Gasteiger partial charge in [0.2, 0.25) is 11.8 Å². The molecular formula is C22H37N5O3. The van der Waals surface area contributed by atoms with Gasteiger partial charge in [-0.3, -0.25) is 24.3 Å². The van der Waals surface area contributed by atoms with Gasteiger partial charge in [0.1, 0.15) is 5.76 Å². The molecule has 8 heteroatoms. The highest BCUT2D eigenvalue weighted by Gasteiger charge is 2.30. The highest BCUT2D eigenvalue weighted by molar-refractivity contribution is 5.82. The van der Waals surface area contributed by atoms with E-state index in [1.54, 1.807) is 6.26 Å². The number of hydrogen-bond donors (Lipinski definition) is 2.